The molecule has 1 N–H and O–H groups in total. The Labute approximate surface area is 110 Å². The van der Waals surface area contributed by atoms with Gasteiger partial charge in [0, 0.05) is 10.9 Å². The largest absolute Gasteiger partial charge is 0.456 e. The van der Waals surface area contributed by atoms with Crippen molar-refractivity contribution in [2.75, 3.05) is 6.54 Å². The minimum Gasteiger partial charge on any atom is -0.456 e. The molecule has 4 heteroatoms. The van der Waals surface area contributed by atoms with Gasteiger partial charge >= 0.3 is 0 Å². The average Bonchev–Trinajstić information content (AvgIpc) is 3.13. The zero-order valence-corrected chi connectivity index (χ0v) is 11.0. The maximum atomic E-state index is 14.0. The van der Waals surface area contributed by atoms with Gasteiger partial charge in [-0.15, -0.1) is 0 Å². The third kappa shape index (κ3) is 1.91. The molecule has 18 heavy (non-hydrogen) atoms. The van der Waals surface area contributed by atoms with Gasteiger partial charge in [0.2, 0.25) is 0 Å². The van der Waals surface area contributed by atoms with Crippen molar-refractivity contribution in [3.8, 4) is 0 Å². The summed E-state index contributed by atoms with van der Waals surface area (Å²) in [5.74, 6) is 0.940. The number of furan rings is 1. The molecular formula is C14H15ClFNO. The Balaban J connectivity index is 2.15. The average molecular weight is 268 g/mol. The van der Waals surface area contributed by atoms with Crippen LogP contribution < -0.4 is 5.32 Å². The van der Waals surface area contributed by atoms with Gasteiger partial charge in [0.15, 0.2) is 11.4 Å². The van der Waals surface area contributed by atoms with Gasteiger partial charge in [-0.2, -0.15) is 0 Å². The quantitative estimate of drug-likeness (QED) is 0.898. The lowest BCUT2D eigenvalue weighted by Crippen LogP contribution is -2.12. The second-order valence-electron chi connectivity index (χ2n) is 4.73. The van der Waals surface area contributed by atoms with Crippen LogP contribution in [-0.4, -0.2) is 6.54 Å². The number of hydrogen-bond donors (Lipinski definition) is 1. The minimum atomic E-state index is -0.446. The second-order valence-corrected chi connectivity index (χ2v) is 5.14. The van der Waals surface area contributed by atoms with Crippen molar-refractivity contribution in [2.45, 2.75) is 32.2 Å². The van der Waals surface area contributed by atoms with Crippen LogP contribution in [0.2, 0.25) is 5.02 Å². The number of hydrogen-bond acceptors (Lipinski definition) is 2. The van der Waals surface area contributed by atoms with Crippen molar-refractivity contribution in [2.24, 2.45) is 0 Å². The number of rotatable bonds is 4. The predicted molar refractivity (Wildman–Crippen MR) is 70.5 cm³/mol. The highest BCUT2D eigenvalue weighted by Crippen LogP contribution is 2.47. The molecule has 0 saturated heterocycles. The van der Waals surface area contributed by atoms with E-state index in [-0.39, 0.29) is 5.02 Å². The lowest BCUT2D eigenvalue weighted by Gasteiger charge is -2.01. The zero-order valence-electron chi connectivity index (χ0n) is 10.2. The fraction of sp³-hybridized carbons (Fsp3) is 0.429. The van der Waals surface area contributed by atoms with Crippen molar-refractivity contribution in [1.29, 1.82) is 0 Å². The van der Waals surface area contributed by atoms with E-state index >= 15 is 0 Å². The van der Waals surface area contributed by atoms with Crippen LogP contribution in [0.5, 0.6) is 0 Å². The molecule has 1 aromatic carbocycles. The summed E-state index contributed by atoms with van der Waals surface area (Å²) in [4.78, 5) is 0. The van der Waals surface area contributed by atoms with Gasteiger partial charge in [-0.1, -0.05) is 18.5 Å². The van der Waals surface area contributed by atoms with Crippen molar-refractivity contribution in [3.05, 3.63) is 34.3 Å². The van der Waals surface area contributed by atoms with Gasteiger partial charge in [0.25, 0.3) is 0 Å². The van der Waals surface area contributed by atoms with Gasteiger partial charge in [-0.05, 0) is 37.4 Å². The number of nitrogens with one attached hydrogen (secondary N) is 1. The van der Waals surface area contributed by atoms with E-state index in [2.05, 4.69) is 5.32 Å². The van der Waals surface area contributed by atoms with Crippen LogP contribution in [0, 0.1) is 5.82 Å². The molecule has 1 aromatic heterocycles. The van der Waals surface area contributed by atoms with Gasteiger partial charge in [-0.3, -0.25) is 0 Å². The Morgan fingerprint density at radius 2 is 2.22 bits per heavy atom. The van der Waals surface area contributed by atoms with Crippen molar-refractivity contribution in [3.63, 3.8) is 0 Å². The summed E-state index contributed by atoms with van der Waals surface area (Å²) in [6.07, 6.45) is 2.33. The number of benzene rings is 1. The molecule has 0 aliphatic heterocycles. The highest BCUT2D eigenvalue weighted by Gasteiger charge is 2.31. The van der Waals surface area contributed by atoms with Crippen molar-refractivity contribution < 1.29 is 8.81 Å². The Hall–Kier alpha value is -1.06. The third-order valence-corrected chi connectivity index (χ3v) is 3.68. The summed E-state index contributed by atoms with van der Waals surface area (Å²) in [5.41, 5.74) is 1.47. The van der Waals surface area contributed by atoms with Gasteiger partial charge in [-0.25, -0.2) is 4.39 Å². The molecule has 0 amide bonds. The molecule has 1 heterocycles. The first kappa shape index (κ1) is 12.0. The van der Waals surface area contributed by atoms with E-state index in [4.69, 9.17) is 16.0 Å². The summed E-state index contributed by atoms with van der Waals surface area (Å²) in [5, 5.41) is 4.23. The molecule has 96 valence electrons. The Morgan fingerprint density at radius 3 is 2.89 bits per heavy atom. The normalized spacial score (nSPS) is 15.5. The first-order valence-electron chi connectivity index (χ1n) is 6.32. The predicted octanol–water partition coefficient (Wildman–Crippen LogP) is 4.21. The maximum Gasteiger partial charge on any atom is 0.184 e. The molecule has 1 aliphatic carbocycles. The highest BCUT2D eigenvalue weighted by molar-refractivity contribution is 6.31. The Bertz CT molecular complexity index is 589. The second kappa shape index (κ2) is 4.56. The van der Waals surface area contributed by atoms with Crippen molar-refractivity contribution in [1.82, 2.24) is 5.32 Å². The fourth-order valence-electron chi connectivity index (χ4n) is 2.36. The molecule has 0 unspecified atom stereocenters. The Kier molecular flexibility index (Phi) is 3.04. The topological polar surface area (TPSA) is 25.2 Å². The standard InChI is InChI=1S/C14H15ClFNO/c1-2-17-7-11-12(8-3-4-8)9-5-6-10(15)13(16)14(9)18-11/h5-6,8,17H,2-4,7H2,1H3. The van der Waals surface area contributed by atoms with Crippen LogP contribution in [0.15, 0.2) is 16.5 Å². The SMILES string of the molecule is CCNCc1oc2c(F)c(Cl)ccc2c1C1CC1. The van der Waals surface area contributed by atoms with E-state index in [1.165, 1.54) is 5.56 Å². The van der Waals surface area contributed by atoms with E-state index in [0.29, 0.717) is 18.0 Å². The highest BCUT2D eigenvalue weighted by atomic mass is 35.5. The molecule has 2 nitrogen and oxygen atoms in total. The number of halogens is 2. The molecular weight excluding hydrogens is 253 g/mol. The lowest BCUT2D eigenvalue weighted by atomic mass is 10.1. The summed E-state index contributed by atoms with van der Waals surface area (Å²) in [7, 11) is 0. The molecule has 1 aliphatic rings. The van der Waals surface area contributed by atoms with Crippen molar-refractivity contribution >= 4 is 22.6 Å². The van der Waals surface area contributed by atoms with Crippen LogP contribution >= 0.6 is 11.6 Å². The number of fused-ring (bicyclic) bond motifs is 1. The van der Waals surface area contributed by atoms with E-state index < -0.39 is 5.82 Å². The van der Waals surface area contributed by atoms with E-state index in [1.807, 2.05) is 13.0 Å². The molecule has 1 saturated carbocycles. The monoisotopic (exact) mass is 267 g/mol. The minimum absolute atomic E-state index is 0.119. The van der Waals surface area contributed by atoms with Gasteiger partial charge < -0.3 is 9.73 Å². The molecule has 0 spiro atoms. The molecule has 0 radical (unpaired) electrons. The third-order valence-electron chi connectivity index (χ3n) is 3.39. The summed E-state index contributed by atoms with van der Waals surface area (Å²) >= 11 is 5.80. The Morgan fingerprint density at radius 1 is 1.44 bits per heavy atom. The van der Waals surface area contributed by atoms with Crippen LogP contribution in [0.4, 0.5) is 4.39 Å². The van der Waals surface area contributed by atoms with Crippen LogP contribution in [0.3, 0.4) is 0 Å². The smallest absolute Gasteiger partial charge is 0.184 e. The molecule has 2 aromatic rings. The van der Waals surface area contributed by atoms with Gasteiger partial charge in [0.05, 0.1) is 11.6 Å². The molecule has 0 atom stereocenters. The molecule has 3 rings (SSSR count). The first-order valence-corrected chi connectivity index (χ1v) is 6.70. The zero-order chi connectivity index (χ0) is 12.7. The lowest BCUT2D eigenvalue weighted by molar-refractivity contribution is 0.495. The maximum absolute atomic E-state index is 14.0. The van der Waals surface area contributed by atoms with Crippen LogP contribution in [0.1, 0.15) is 37.0 Å². The van der Waals surface area contributed by atoms with Crippen LogP contribution in [-0.2, 0) is 6.54 Å². The first-order chi connectivity index (χ1) is 8.72. The van der Waals surface area contributed by atoms with E-state index in [1.54, 1.807) is 6.07 Å². The van der Waals surface area contributed by atoms with Crippen LogP contribution in [0.25, 0.3) is 11.0 Å². The van der Waals surface area contributed by atoms with E-state index in [9.17, 15) is 4.39 Å². The van der Waals surface area contributed by atoms with E-state index in [0.717, 1.165) is 30.5 Å². The van der Waals surface area contributed by atoms with Gasteiger partial charge in [0.1, 0.15) is 5.76 Å². The molecule has 0 bridgehead atoms. The summed E-state index contributed by atoms with van der Waals surface area (Å²) in [6.45, 7) is 3.55. The summed E-state index contributed by atoms with van der Waals surface area (Å²) < 4.78 is 19.6. The summed E-state index contributed by atoms with van der Waals surface area (Å²) in [6, 6.07) is 3.48. The molecule has 1 fully saturated rings. The fourth-order valence-corrected chi connectivity index (χ4v) is 2.51.